The van der Waals surface area contributed by atoms with Crippen LogP contribution in [0.2, 0.25) is 0 Å². The van der Waals surface area contributed by atoms with E-state index in [0.717, 1.165) is 27.2 Å². The molecule has 0 amide bonds. The number of hydrogen-bond donors (Lipinski definition) is 0. The molecule has 3 aromatic rings. The van der Waals surface area contributed by atoms with Gasteiger partial charge in [0.05, 0.1) is 28.2 Å². The number of rotatable bonds is 4. The van der Waals surface area contributed by atoms with Gasteiger partial charge in [-0.2, -0.15) is 5.26 Å². The first-order valence-corrected chi connectivity index (χ1v) is 12.0. The summed E-state index contributed by atoms with van der Waals surface area (Å²) < 4.78 is 13.5. The van der Waals surface area contributed by atoms with E-state index >= 15 is 0 Å². The summed E-state index contributed by atoms with van der Waals surface area (Å²) in [7, 11) is -1.39. The lowest BCUT2D eigenvalue weighted by molar-refractivity contribution is -0.116. The first kappa shape index (κ1) is 20.6. The number of allylic oxidation sites excluding steroid dienone is 2. The molecule has 0 aromatic heterocycles. The zero-order valence-corrected chi connectivity index (χ0v) is 18.6. The molecule has 0 N–H and O–H groups in total. The number of ketones is 1. The Morgan fingerprint density at radius 2 is 1.66 bits per heavy atom. The second kappa shape index (κ2) is 8.00. The van der Waals surface area contributed by atoms with Gasteiger partial charge >= 0.3 is 0 Å². The third kappa shape index (κ3) is 3.34. The van der Waals surface area contributed by atoms with Crippen LogP contribution in [0, 0.1) is 24.2 Å². The molecule has 32 heavy (non-hydrogen) atoms. The molecular formula is C28H23NO2S. The van der Waals surface area contributed by atoms with Crippen LogP contribution in [0.1, 0.15) is 35.4 Å². The van der Waals surface area contributed by atoms with Crippen molar-refractivity contribution in [3.63, 3.8) is 0 Å². The SMILES string of the molecule is Cc1ccc([S@](=O)c2ccccc2[C@]2(C#N)CC3=CC(=O)[C@@H](c4ccccc4)[C@@H]3C2)cc1. The molecule has 0 heterocycles. The third-order valence-corrected chi connectivity index (χ3v) is 8.25. The van der Waals surface area contributed by atoms with Gasteiger partial charge in [0.25, 0.3) is 0 Å². The molecule has 3 nitrogen and oxygen atoms in total. The van der Waals surface area contributed by atoms with Crippen molar-refractivity contribution in [2.24, 2.45) is 5.92 Å². The minimum atomic E-state index is -1.39. The molecule has 0 radical (unpaired) electrons. The molecule has 1 saturated carbocycles. The van der Waals surface area contributed by atoms with E-state index in [-0.39, 0.29) is 17.6 Å². The number of carbonyl (C=O) groups is 1. The summed E-state index contributed by atoms with van der Waals surface area (Å²) in [6.45, 7) is 2.00. The monoisotopic (exact) mass is 437 g/mol. The van der Waals surface area contributed by atoms with Gasteiger partial charge in [0.1, 0.15) is 0 Å². The van der Waals surface area contributed by atoms with E-state index in [2.05, 4.69) is 6.07 Å². The Balaban J connectivity index is 1.55. The molecule has 3 aromatic carbocycles. The van der Waals surface area contributed by atoms with Gasteiger partial charge in [-0.05, 0) is 61.1 Å². The normalized spacial score (nSPS) is 25.1. The first-order chi connectivity index (χ1) is 15.5. The minimum Gasteiger partial charge on any atom is -0.294 e. The predicted molar refractivity (Wildman–Crippen MR) is 125 cm³/mol. The highest BCUT2D eigenvalue weighted by molar-refractivity contribution is 7.85. The Kier molecular flexibility index (Phi) is 5.15. The maximum absolute atomic E-state index is 13.5. The maximum atomic E-state index is 13.5. The molecule has 2 aliphatic carbocycles. The minimum absolute atomic E-state index is 0.00502. The van der Waals surface area contributed by atoms with Crippen LogP contribution in [0.15, 0.2) is 100 Å². The standard InChI is InChI=1S/C28H23NO2S/c1-19-11-13-22(14-12-19)32(31)26-10-6-5-9-24(26)28(18-29)16-21-15-25(30)27(23(21)17-28)20-7-3-2-4-8-20/h2-15,23,27H,16-17H2,1H3/t23-,27+,28-,32+/m1/s1. The summed E-state index contributed by atoms with van der Waals surface area (Å²) in [5.74, 6) is -0.110. The van der Waals surface area contributed by atoms with Gasteiger partial charge in [0.15, 0.2) is 5.78 Å². The van der Waals surface area contributed by atoms with Crippen molar-refractivity contribution in [3.05, 3.63) is 107 Å². The zero-order valence-electron chi connectivity index (χ0n) is 17.8. The number of aryl methyl sites for hydroxylation is 1. The molecule has 158 valence electrons. The molecule has 0 aliphatic heterocycles. The lowest BCUT2D eigenvalue weighted by atomic mass is 9.76. The van der Waals surface area contributed by atoms with Gasteiger partial charge in [0.2, 0.25) is 0 Å². The molecule has 2 aliphatic rings. The average molecular weight is 438 g/mol. The van der Waals surface area contributed by atoms with Crippen LogP contribution >= 0.6 is 0 Å². The third-order valence-electron chi connectivity index (χ3n) is 6.80. The van der Waals surface area contributed by atoms with Crippen LogP contribution < -0.4 is 0 Å². The number of nitriles is 1. The molecule has 5 rings (SSSR count). The number of hydrogen-bond acceptors (Lipinski definition) is 3. The largest absolute Gasteiger partial charge is 0.294 e. The second-order valence-corrected chi connectivity index (χ2v) is 10.2. The van der Waals surface area contributed by atoms with E-state index in [9.17, 15) is 14.3 Å². The number of fused-ring (bicyclic) bond motifs is 1. The van der Waals surface area contributed by atoms with Crippen molar-refractivity contribution < 1.29 is 9.00 Å². The summed E-state index contributed by atoms with van der Waals surface area (Å²) in [4.78, 5) is 14.2. The first-order valence-electron chi connectivity index (χ1n) is 10.8. The molecule has 0 unspecified atom stereocenters. The molecule has 0 saturated heterocycles. The quantitative estimate of drug-likeness (QED) is 0.532. The van der Waals surface area contributed by atoms with E-state index < -0.39 is 16.2 Å². The number of benzene rings is 3. The molecule has 4 heteroatoms. The van der Waals surface area contributed by atoms with Gasteiger partial charge in [0, 0.05) is 9.79 Å². The Morgan fingerprint density at radius 1 is 0.969 bits per heavy atom. The maximum Gasteiger partial charge on any atom is 0.163 e. The van der Waals surface area contributed by atoms with Gasteiger partial charge in [-0.3, -0.25) is 4.79 Å². The lowest BCUT2D eigenvalue weighted by Crippen LogP contribution is -2.25. The fraction of sp³-hybridized carbons (Fsp3) is 0.214. The van der Waals surface area contributed by atoms with E-state index in [1.807, 2.05) is 85.8 Å². The fourth-order valence-corrected chi connectivity index (χ4v) is 6.54. The highest BCUT2D eigenvalue weighted by atomic mass is 32.2. The van der Waals surface area contributed by atoms with Gasteiger partial charge in [-0.15, -0.1) is 0 Å². The van der Waals surface area contributed by atoms with E-state index in [0.29, 0.717) is 17.7 Å². The van der Waals surface area contributed by atoms with Crippen LogP contribution in [0.4, 0.5) is 0 Å². The lowest BCUT2D eigenvalue weighted by Gasteiger charge is -2.26. The van der Waals surface area contributed by atoms with Gasteiger partial charge < -0.3 is 0 Å². The van der Waals surface area contributed by atoms with Crippen LogP contribution in [0.5, 0.6) is 0 Å². The molecule has 0 bridgehead atoms. The van der Waals surface area contributed by atoms with Gasteiger partial charge in [-0.25, -0.2) is 4.21 Å². The van der Waals surface area contributed by atoms with Crippen LogP contribution in [0.25, 0.3) is 0 Å². The van der Waals surface area contributed by atoms with Crippen LogP contribution in [-0.4, -0.2) is 9.99 Å². The van der Waals surface area contributed by atoms with Crippen molar-refractivity contribution in [1.82, 2.24) is 0 Å². The second-order valence-electron chi connectivity index (χ2n) is 8.77. The average Bonchev–Trinajstić information content (AvgIpc) is 3.33. The molecule has 4 atom stereocenters. The highest BCUT2D eigenvalue weighted by Gasteiger charge is 2.52. The van der Waals surface area contributed by atoms with E-state index in [1.165, 1.54) is 0 Å². The molecule has 1 fully saturated rings. The highest BCUT2D eigenvalue weighted by Crippen LogP contribution is 2.55. The van der Waals surface area contributed by atoms with Crippen LogP contribution in [0.3, 0.4) is 0 Å². The zero-order chi connectivity index (χ0) is 22.3. The fourth-order valence-electron chi connectivity index (χ4n) is 5.24. The summed E-state index contributed by atoms with van der Waals surface area (Å²) in [6, 6.07) is 27.7. The predicted octanol–water partition coefficient (Wildman–Crippen LogP) is 5.63. The van der Waals surface area contributed by atoms with Crippen molar-refractivity contribution in [1.29, 1.82) is 5.26 Å². The van der Waals surface area contributed by atoms with Crippen molar-refractivity contribution >= 4 is 16.6 Å². The van der Waals surface area contributed by atoms with Gasteiger partial charge in [-0.1, -0.05) is 71.8 Å². The summed E-state index contributed by atoms with van der Waals surface area (Å²) >= 11 is 0. The van der Waals surface area contributed by atoms with Crippen molar-refractivity contribution in [3.8, 4) is 6.07 Å². The van der Waals surface area contributed by atoms with E-state index in [1.54, 1.807) is 6.08 Å². The Morgan fingerprint density at radius 3 is 2.38 bits per heavy atom. The Labute approximate surface area is 190 Å². The number of nitrogens with zero attached hydrogens (tertiary/aromatic N) is 1. The summed E-state index contributed by atoms with van der Waals surface area (Å²) in [5, 5.41) is 10.4. The van der Waals surface area contributed by atoms with E-state index in [4.69, 9.17) is 0 Å². The Hall–Kier alpha value is -3.29. The Bertz CT molecular complexity index is 1290. The molecular weight excluding hydrogens is 414 g/mol. The van der Waals surface area contributed by atoms with Crippen LogP contribution in [-0.2, 0) is 21.0 Å². The summed E-state index contributed by atoms with van der Waals surface area (Å²) in [5.41, 5.74) is 3.18. The molecule has 0 spiro atoms. The topological polar surface area (TPSA) is 57.9 Å². The number of carbonyl (C=O) groups excluding carboxylic acids is 1. The van der Waals surface area contributed by atoms with Crippen molar-refractivity contribution in [2.45, 2.75) is 40.9 Å². The van der Waals surface area contributed by atoms with Crippen molar-refractivity contribution in [2.75, 3.05) is 0 Å². The summed E-state index contributed by atoms with van der Waals surface area (Å²) in [6.07, 6.45) is 2.81. The smallest absolute Gasteiger partial charge is 0.163 e.